The molecule has 0 spiro atoms. The van der Waals surface area contributed by atoms with E-state index >= 15 is 0 Å². The molecule has 0 aliphatic rings. The van der Waals surface area contributed by atoms with Gasteiger partial charge in [0.15, 0.2) is 5.82 Å². The molecule has 3 N–H and O–H groups in total. The number of esters is 1. The summed E-state index contributed by atoms with van der Waals surface area (Å²) in [7, 11) is 1.31. The van der Waals surface area contributed by atoms with Gasteiger partial charge in [-0.15, -0.1) is 0 Å². The molecule has 2 rings (SSSR count). The van der Waals surface area contributed by atoms with Crippen LogP contribution in [0.1, 0.15) is 10.4 Å². The standard InChI is InChI=1S/C11H11N3O2S/c1-16-11(15)8-9(12)14-17-10(8)13-7-5-3-2-4-6-7/h2-6,13H,1H3,(H2,12,14). The summed E-state index contributed by atoms with van der Waals surface area (Å²) >= 11 is 1.13. The third-order valence-electron chi connectivity index (χ3n) is 2.14. The lowest BCUT2D eigenvalue weighted by Crippen LogP contribution is -2.06. The number of methoxy groups -OCH3 is 1. The molecule has 17 heavy (non-hydrogen) atoms. The number of hydrogen-bond donors (Lipinski definition) is 2. The van der Waals surface area contributed by atoms with Crippen LogP contribution in [0.25, 0.3) is 0 Å². The highest BCUT2D eigenvalue weighted by Crippen LogP contribution is 2.30. The van der Waals surface area contributed by atoms with Gasteiger partial charge in [0.05, 0.1) is 7.11 Å². The molecule has 0 saturated carbocycles. The van der Waals surface area contributed by atoms with Crippen LogP contribution in [0.2, 0.25) is 0 Å². The van der Waals surface area contributed by atoms with E-state index in [1.54, 1.807) is 0 Å². The van der Waals surface area contributed by atoms with Crippen LogP contribution in [-0.4, -0.2) is 17.5 Å². The molecule has 0 amide bonds. The zero-order valence-electron chi connectivity index (χ0n) is 9.14. The second kappa shape index (κ2) is 4.84. The number of carbonyl (C=O) groups is 1. The first-order valence-corrected chi connectivity index (χ1v) is 5.65. The Morgan fingerprint density at radius 2 is 2.12 bits per heavy atom. The van der Waals surface area contributed by atoms with Crippen LogP contribution in [-0.2, 0) is 4.74 Å². The van der Waals surface area contributed by atoms with Gasteiger partial charge in [0, 0.05) is 5.69 Å². The van der Waals surface area contributed by atoms with Gasteiger partial charge in [-0.25, -0.2) is 4.79 Å². The number of nitrogens with one attached hydrogen (secondary N) is 1. The lowest BCUT2D eigenvalue weighted by molar-refractivity contribution is 0.0603. The van der Waals surface area contributed by atoms with E-state index in [0.29, 0.717) is 5.00 Å². The molecule has 1 aromatic carbocycles. The molecular formula is C11H11N3O2S. The van der Waals surface area contributed by atoms with Gasteiger partial charge in [0.2, 0.25) is 0 Å². The van der Waals surface area contributed by atoms with Crippen LogP contribution < -0.4 is 11.1 Å². The minimum absolute atomic E-state index is 0.181. The van der Waals surface area contributed by atoms with Crippen molar-refractivity contribution in [2.24, 2.45) is 0 Å². The Hall–Kier alpha value is -2.08. The Balaban J connectivity index is 2.31. The zero-order valence-corrected chi connectivity index (χ0v) is 9.95. The number of nitrogens with two attached hydrogens (primary N) is 1. The normalized spacial score (nSPS) is 9.94. The lowest BCUT2D eigenvalue weighted by Gasteiger charge is -2.05. The van der Waals surface area contributed by atoms with Crippen LogP contribution in [0.15, 0.2) is 30.3 Å². The average Bonchev–Trinajstić information content (AvgIpc) is 2.71. The van der Waals surface area contributed by atoms with E-state index in [0.717, 1.165) is 17.2 Å². The Morgan fingerprint density at radius 1 is 1.41 bits per heavy atom. The number of anilines is 3. The SMILES string of the molecule is COC(=O)c1c(N)nsc1Nc1ccccc1. The molecule has 0 saturated heterocycles. The topological polar surface area (TPSA) is 77.2 Å². The number of benzene rings is 1. The molecule has 0 bridgehead atoms. The van der Waals surface area contributed by atoms with Crippen LogP contribution in [0.5, 0.6) is 0 Å². The van der Waals surface area contributed by atoms with Gasteiger partial charge in [0.25, 0.3) is 0 Å². The molecule has 0 aliphatic heterocycles. The molecule has 0 unspecified atom stereocenters. The predicted octanol–water partition coefficient (Wildman–Crippen LogP) is 2.26. The van der Waals surface area contributed by atoms with Crippen molar-refractivity contribution in [3.8, 4) is 0 Å². The van der Waals surface area contributed by atoms with Crippen molar-refractivity contribution in [2.75, 3.05) is 18.2 Å². The van der Waals surface area contributed by atoms with Gasteiger partial charge in [-0.2, -0.15) is 4.37 Å². The fourth-order valence-corrected chi connectivity index (χ4v) is 2.06. The maximum absolute atomic E-state index is 11.5. The summed E-state index contributed by atoms with van der Waals surface area (Å²) in [4.78, 5) is 11.5. The van der Waals surface area contributed by atoms with Crippen LogP contribution in [0.4, 0.5) is 16.5 Å². The summed E-state index contributed by atoms with van der Waals surface area (Å²) in [5, 5.41) is 3.67. The van der Waals surface area contributed by atoms with E-state index < -0.39 is 5.97 Å². The Kier molecular flexibility index (Phi) is 3.24. The minimum atomic E-state index is -0.491. The fraction of sp³-hybridized carbons (Fsp3) is 0.0909. The van der Waals surface area contributed by atoms with E-state index in [1.807, 2.05) is 30.3 Å². The summed E-state index contributed by atoms with van der Waals surface area (Å²) < 4.78 is 8.60. The van der Waals surface area contributed by atoms with Crippen molar-refractivity contribution in [1.82, 2.24) is 4.37 Å². The molecule has 88 valence electrons. The summed E-state index contributed by atoms with van der Waals surface area (Å²) in [5.74, 6) is -0.310. The van der Waals surface area contributed by atoms with Gasteiger partial charge < -0.3 is 15.8 Å². The van der Waals surface area contributed by atoms with Crippen molar-refractivity contribution in [3.63, 3.8) is 0 Å². The number of carbonyl (C=O) groups excluding carboxylic acids is 1. The van der Waals surface area contributed by atoms with E-state index in [4.69, 9.17) is 5.73 Å². The van der Waals surface area contributed by atoms with Crippen LogP contribution in [0, 0.1) is 0 Å². The molecule has 1 heterocycles. The van der Waals surface area contributed by atoms with Crippen molar-refractivity contribution in [1.29, 1.82) is 0 Å². The van der Waals surface area contributed by atoms with Crippen molar-refractivity contribution >= 4 is 34.0 Å². The molecule has 0 atom stereocenters. The molecule has 6 heteroatoms. The quantitative estimate of drug-likeness (QED) is 0.816. The Bertz CT molecular complexity index is 525. The highest BCUT2D eigenvalue weighted by atomic mass is 32.1. The first kappa shape index (κ1) is 11.4. The highest BCUT2D eigenvalue weighted by molar-refractivity contribution is 7.11. The highest BCUT2D eigenvalue weighted by Gasteiger charge is 2.19. The number of nitrogen functional groups attached to an aromatic ring is 1. The third kappa shape index (κ3) is 2.36. The number of hydrogen-bond acceptors (Lipinski definition) is 6. The molecule has 0 aliphatic carbocycles. The van der Waals surface area contributed by atoms with Crippen LogP contribution >= 0.6 is 11.5 Å². The van der Waals surface area contributed by atoms with Crippen molar-refractivity contribution < 1.29 is 9.53 Å². The molecule has 0 fully saturated rings. The number of nitrogens with zero attached hydrogens (tertiary/aromatic N) is 1. The zero-order chi connectivity index (χ0) is 12.3. The maximum atomic E-state index is 11.5. The van der Waals surface area contributed by atoms with Crippen LogP contribution in [0.3, 0.4) is 0 Å². The predicted molar refractivity (Wildman–Crippen MR) is 67.6 cm³/mol. The number of rotatable bonds is 3. The lowest BCUT2D eigenvalue weighted by atomic mass is 10.3. The average molecular weight is 249 g/mol. The van der Waals surface area contributed by atoms with Gasteiger partial charge in [-0.1, -0.05) is 18.2 Å². The Labute approximate surface area is 102 Å². The maximum Gasteiger partial charge on any atom is 0.344 e. The van der Waals surface area contributed by atoms with Crippen molar-refractivity contribution in [2.45, 2.75) is 0 Å². The first-order valence-electron chi connectivity index (χ1n) is 4.88. The van der Waals surface area contributed by atoms with Gasteiger partial charge in [0.1, 0.15) is 10.6 Å². The van der Waals surface area contributed by atoms with E-state index in [2.05, 4.69) is 14.4 Å². The van der Waals surface area contributed by atoms with Gasteiger partial charge in [-0.05, 0) is 23.7 Å². The molecule has 0 radical (unpaired) electrons. The van der Waals surface area contributed by atoms with E-state index in [1.165, 1.54) is 7.11 Å². The monoisotopic (exact) mass is 249 g/mol. The van der Waals surface area contributed by atoms with Crippen molar-refractivity contribution in [3.05, 3.63) is 35.9 Å². The molecule has 5 nitrogen and oxygen atoms in total. The number of ether oxygens (including phenoxy) is 1. The minimum Gasteiger partial charge on any atom is -0.465 e. The molecule has 1 aromatic heterocycles. The molecular weight excluding hydrogens is 238 g/mol. The second-order valence-electron chi connectivity index (χ2n) is 3.25. The summed E-state index contributed by atoms with van der Waals surface area (Å²) in [6, 6.07) is 9.47. The van der Waals surface area contributed by atoms with Gasteiger partial charge in [-0.3, -0.25) is 0 Å². The second-order valence-corrected chi connectivity index (χ2v) is 4.03. The first-order chi connectivity index (χ1) is 8.22. The Morgan fingerprint density at radius 3 is 2.76 bits per heavy atom. The number of para-hydroxylation sites is 1. The largest absolute Gasteiger partial charge is 0.465 e. The molecule has 2 aromatic rings. The summed E-state index contributed by atoms with van der Waals surface area (Å²) in [5.41, 5.74) is 6.77. The summed E-state index contributed by atoms with van der Waals surface area (Å²) in [6.45, 7) is 0. The number of aromatic nitrogens is 1. The summed E-state index contributed by atoms with van der Waals surface area (Å²) in [6.07, 6.45) is 0. The third-order valence-corrected chi connectivity index (χ3v) is 2.92. The van der Waals surface area contributed by atoms with E-state index in [-0.39, 0.29) is 11.4 Å². The van der Waals surface area contributed by atoms with Gasteiger partial charge >= 0.3 is 5.97 Å². The smallest absolute Gasteiger partial charge is 0.344 e. The van der Waals surface area contributed by atoms with E-state index in [9.17, 15) is 4.79 Å². The fourth-order valence-electron chi connectivity index (χ4n) is 1.34.